The van der Waals surface area contributed by atoms with Gasteiger partial charge in [-0.2, -0.15) is 5.10 Å². The average molecular weight is 234 g/mol. The lowest BCUT2D eigenvalue weighted by molar-refractivity contribution is 0.168. The van der Waals surface area contributed by atoms with E-state index < -0.39 is 0 Å². The summed E-state index contributed by atoms with van der Waals surface area (Å²) in [6.07, 6.45) is 8.08. The number of nitrogens with one attached hydrogen (secondary N) is 1. The molecule has 94 valence electrons. The number of hydrogen-bond acceptors (Lipinski definition) is 3. The first-order chi connectivity index (χ1) is 8.19. The molecule has 2 unspecified atom stereocenters. The number of likely N-dealkylation sites (tertiary alicyclic amines) is 1. The minimum absolute atomic E-state index is 0.633. The van der Waals surface area contributed by atoms with Crippen LogP contribution >= 0.6 is 0 Å². The van der Waals surface area contributed by atoms with Gasteiger partial charge in [0, 0.05) is 36.6 Å². The molecule has 1 aliphatic rings. The smallest absolute Gasteiger partial charge is 0.0538 e. The molecule has 2 rings (SSSR count). The van der Waals surface area contributed by atoms with Gasteiger partial charge in [-0.1, -0.05) is 6.58 Å². The van der Waals surface area contributed by atoms with Crippen molar-refractivity contribution in [2.45, 2.75) is 38.4 Å². The van der Waals surface area contributed by atoms with Gasteiger partial charge in [0.25, 0.3) is 0 Å². The van der Waals surface area contributed by atoms with Crippen LogP contribution in [0.15, 0.2) is 19.0 Å². The van der Waals surface area contributed by atoms with Crippen molar-refractivity contribution >= 4 is 6.20 Å². The largest absolute Gasteiger partial charge is 0.310 e. The van der Waals surface area contributed by atoms with Gasteiger partial charge in [-0.3, -0.25) is 0 Å². The van der Waals surface area contributed by atoms with Gasteiger partial charge in [0.1, 0.15) is 0 Å². The van der Waals surface area contributed by atoms with E-state index in [9.17, 15) is 0 Å². The van der Waals surface area contributed by atoms with E-state index >= 15 is 0 Å². The van der Waals surface area contributed by atoms with Gasteiger partial charge in [0.2, 0.25) is 0 Å². The molecule has 0 bridgehead atoms. The molecule has 17 heavy (non-hydrogen) atoms. The molecular weight excluding hydrogens is 212 g/mol. The Morgan fingerprint density at radius 1 is 1.65 bits per heavy atom. The lowest BCUT2D eigenvalue weighted by Crippen LogP contribution is -2.45. The van der Waals surface area contributed by atoms with Crippen LogP contribution in [0.4, 0.5) is 0 Å². The average Bonchev–Trinajstić information content (AvgIpc) is 2.79. The molecule has 2 heterocycles. The van der Waals surface area contributed by atoms with Gasteiger partial charge in [-0.05, 0) is 33.4 Å². The van der Waals surface area contributed by atoms with Crippen LogP contribution < -0.4 is 5.32 Å². The fraction of sp³-hybridized carbons (Fsp3) is 0.615. The van der Waals surface area contributed by atoms with E-state index in [1.165, 1.54) is 24.9 Å². The lowest BCUT2D eigenvalue weighted by atomic mass is 9.99. The minimum Gasteiger partial charge on any atom is -0.310 e. The second-order valence-corrected chi connectivity index (χ2v) is 4.94. The first-order valence-electron chi connectivity index (χ1n) is 6.28. The molecule has 0 spiro atoms. The zero-order valence-corrected chi connectivity index (χ0v) is 10.8. The summed E-state index contributed by atoms with van der Waals surface area (Å²) in [5, 5.41) is 7.79. The Morgan fingerprint density at radius 2 is 2.47 bits per heavy atom. The standard InChI is InChI=1S/C13H22N4/c1-4-17-10-12(9-15-17)8-14-13-5-6-16(3)11(2)7-13/h4,9-11,13-14H,1,5-8H2,2-3H3. The van der Waals surface area contributed by atoms with Gasteiger partial charge in [-0.15, -0.1) is 0 Å². The Labute approximate surface area is 103 Å². The minimum atomic E-state index is 0.633. The summed E-state index contributed by atoms with van der Waals surface area (Å²) in [5.74, 6) is 0. The topological polar surface area (TPSA) is 33.1 Å². The van der Waals surface area contributed by atoms with Gasteiger partial charge in [0.05, 0.1) is 6.20 Å². The molecule has 0 radical (unpaired) electrons. The fourth-order valence-corrected chi connectivity index (χ4v) is 2.31. The number of aromatic nitrogens is 2. The van der Waals surface area contributed by atoms with Crippen molar-refractivity contribution in [3.63, 3.8) is 0 Å². The van der Waals surface area contributed by atoms with Crippen LogP contribution in [0.2, 0.25) is 0 Å². The third-order valence-corrected chi connectivity index (χ3v) is 3.65. The van der Waals surface area contributed by atoms with E-state index in [2.05, 4.69) is 35.9 Å². The van der Waals surface area contributed by atoms with Crippen LogP contribution in [0, 0.1) is 0 Å². The number of piperidine rings is 1. The number of hydrogen-bond donors (Lipinski definition) is 1. The third-order valence-electron chi connectivity index (χ3n) is 3.65. The molecule has 0 saturated carbocycles. The molecule has 1 N–H and O–H groups in total. The van der Waals surface area contributed by atoms with E-state index in [-0.39, 0.29) is 0 Å². The van der Waals surface area contributed by atoms with Gasteiger partial charge < -0.3 is 10.2 Å². The van der Waals surface area contributed by atoms with E-state index in [0.29, 0.717) is 12.1 Å². The van der Waals surface area contributed by atoms with Crippen molar-refractivity contribution < 1.29 is 0 Å². The fourth-order valence-electron chi connectivity index (χ4n) is 2.31. The maximum atomic E-state index is 4.18. The Hall–Kier alpha value is -1.13. The molecule has 4 nitrogen and oxygen atoms in total. The molecule has 0 amide bonds. The van der Waals surface area contributed by atoms with Crippen molar-refractivity contribution in [1.82, 2.24) is 20.0 Å². The first kappa shape index (κ1) is 12.3. The Kier molecular flexibility index (Phi) is 3.97. The highest BCUT2D eigenvalue weighted by molar-refractivity contribution is 5.17. The van der Waals surface area contributed by atoms with Crippen LogP contribution in [-0.2, 0) is 6.54 Å². The second kappa shape index (κ2) is 5.47. The summed E-state index contributed by atoms with van der Waals surface area (Å²) >= 11 is 0. The zero-order chi connectivity index (χ0) is 12.3. The molecular formula is C13H22N4. The van der Waals surface area contributed by atoms with Crippen molar-refractivity contribution in [1.29, 1.82) is 0 Å². The number of nitrogens with zero attached hydrogens (tertiary/aromatic N) is 3. The Morgan fingerprint density at radius 3 is 3.12 bits per heavy atom. The maximum Gasteiger partial charge on any atom is 0.0538 e. The predicted molar refractivity (Wildman–Crippen MR) is 70.6 cm³/mol. The SMILES string of the molecule is C=Cn1cc(CNC2CCN(C)C(C)C2)cn1. The zero-order valence-electron chi connectivity index (χ0n) is 10.8. The lowest BCUT2D eigenvalue weighted by Gasteiger charge is -2.35. The molecule has 1 saturated heterocycles. The Balaban J connectivity index is 1.80. The maximum absolute atomic E-state index is 4.18. The van der Waals surface area contributed by atoms with E-state index in [1.807, 2.05) is 12.4 Å². The molecule has 2 atom stereocenters. The second-order valence-electron chi connectivity index (χ2n) is 4.94. The summed E-state index contributed by atoms with van der Waals surface area (Å²) in [5.41, 5.74) is 1.22. The van der Waals surface area contributed by atoms with Gasteiger partial charge in [-0.25, -0.2) is 4.68 Å². The molecule has 1 aliphatic heterocycles. The van der Waals surface area contributed by atoms with Crippen molar-refractivity contribution in [3.05, 3.63) is 24.5 Å². The summed E-state index contributed by atoms with van der Waals surface area (Å²) in [4.78, 5) is 2.42. The van der Waals surface area contributed by atoms with Crippen molar-refractivity contribution in [3.8, 4) is 0 Å². The van der Waals surface area contributed by atoms with Crippen LogP contribution in [0.5, 0.6) is 0 Å². The molecule has 4 heteroatoms. The normalized spacial score (nSPS) is 26.0. The highest BCUT2D eigenvalue weighted by Gasteiger charge is 2.22. The van der Waals surface area contributed by atoms with Gasteiger partial charge in [0.15, 0.2) is 0 Å². The van der Waals surface area contributed by atoms with Crippen LogP contribution in [0.3, 0.4) is 0 Å². The molecule has 0 aromatic carbocycles. The third kappa shape index (κ3) is 3.17. The van der Waals surface area contributed by atoms with Crippen molar-refractivity contribution in [2.24, 2.45) is 0 Å². The van der Waals surface area contributed by atoms with Gasteiger partial charge >= 0.3 is 0 Å². The summed E-state index contributed by atoms with van der Waals surface area (Å²) < 4.78 is 1.74. The molecule has 0 aliphatic carbocycles. The first-order valence-corrected chi connectivity index (χ1v) is 6.28. The quantitative estimate of drug-likeness (QED) is 0.858. The monoisotopic (exact) mass is 234 g/mol. The van der Waals surface area contributed by atoms with E-state index in [1.54, 1.807) is 10.9 Å². The van der Waals surface area contributed by atoms with E-state index in [0.717, 1.165) is 6.54 Å². The van der Waals surface area contributed by atoms with Crippen LogP contribution in [0.1, 0.15) is 25.3 Å². The molecule has 1 aromatic rings. The summed E-state index contributed by atoms with van der Waals surface area (Å²) in [6, 6.07) is 1.31. The van der Waals surface area contributed by atoms with E-state index in [4.69, 9.17) is 0 Å². The summed E-state index contributed by atoms with van der Waals surface area (Å²) in [7, 11) is 2.20. The highest BCUT2D eigenvalue weighted by atomic mass is 15.2. The predicted octanol–water partition coefficient (Wildman–Crippen LogP) is 1.56. The summed E-state index contributed by atoms with van der Waals surface area (Å²) in [6.45, 7) is 8.07. The van der Waals surface area contributed by atoms with Crippen LogP contribution in [-0.4, -0.2) is 40.4 Å². The van der Waals surface area contributed by atoms with Crippen LogP contribution in [0.25, 0.3) is 6.20 Å². The van der Waals surface area contributed by atoms with Crippen molar-refractivity contribution in [2.75, 3.05) is 13.6 Å². The highest BCUT2D eigenvalue weighted by Crippen LogP contribution is 2.15. The Bertz CT molecular complexity index is 371. The molecule has 1 aromatic heterocycles. The number of rotatable bonds is 4. The molecule has 1 fully saturated rings.